The van der Waals surface area contributed by atoms with Crippen molar-refractivity contribution in [2.45, 2.75) is 25.2 Å². The van der Waals surface area contributed by atoms with Gasteiger partial charge in [-0.25, -0.2) is 4.98 Å². The zero-order valence-electron chi connectivity index (χ0n) is 10.4. The molecule has 3 aromatic rings. The van der Waals surface area contributed by atoms with Crippen LogP contribution in [0.1, 0.15) is 31.0 Å². The smallest absolute Gasteiger partial charge is 0.252 e. The van der Waals surface area contributed by atoms with Gasteiger partial charge >= 0.3 is 0 Å². The fourth-order valence-corrected chi connectivity index (χ4v) is 2.39. The molecule has 5 nitrogen and oxygen atoms in total. The second-order valence-corrected chi connectivity index (χ2v) is 4.88. The summed E-state index contributed by atoms with van der Waals surface area (Å²) in [7, 11) is 0. The maximum absolute atomic E-state index is 4.63. The highest BCUT2D eigenvalue weighted by atomic mass is 15.3. The average Bonchev–Trinajstić information content (AvgIpc) is 2.80. The predicted octanol–water partition coefficient (Wildman–Crippen LogP) is 2.45. The van der Waals surface area contributed by atoms with E-state index < -0.39 is 0 Å². The summed E-state index contributed by atoms with van der Waals surface area (Å²) >= 11 is 0. The molecule has 0 unspecified atom stereocenters. The van der Waals surface area contributed by atoms with Crippen LogP contribution in [0.5, 0.6) is 0 Å². The van der Waals surface area contributed by atoms with E-state index >= 15 is 0 Å². The van der Waals surface area contributed by atoms with Gasteiger partial charge in [-0.3, -0.25) is 4.98 Å². The van der Waals surface area contributed by atoms with E-state index in [4.69, 9.17) is 0 Å². The lowest BCUT2D eigenvalue weighted by atomic mass is 9.85. The molecule has 0 N–H and O–H groups in total. The summed E-state index contributed by atoms with van der Waals surface area (Å²) in [6.07, 6.45) is 9.02. The Morgan fingerprint density at radius 1 is 1.05 bits per heavy atom. The number of nitrogens with zero attached hydrogens (tertiary/aromatic N) is 5. The molecule has 1 aliphatic carbocycles. The monoisotopic (exact) mass is 251 g/mol. The first-order valence-electron chi connectivity index (χ1n) is 6.54. The van der Waals surface area contributed by atoms with Crippen LogP contribution in [0, 0.1) is 0 Å². The zero-order chi connectivity index (χ0) is 12.7. The molecule has 0 spiro atoms. The largest absolute Gasteiger partial charge is 0.265 e. The van der Waals surface area contributed by atoms with Gasteiger partial charge in [-0.15, -0.1) is 5.10 Å². The maximum Gasteiger partial charge on any atom is 0.252 e. The van der Waals surface area contributed by atoms with Crippen molar-refractivity contribution in [3.05, 3.63) is 42.6 Å². The predicted molar refractivity (Wildman–Crippen MR) is 70.6 cm³/mol. The van der Waals surface area contributed by atoms with E-state index in [9.17, 15) is 0 Å². The number of rotatable bonds is 2. The van der Waals surface area contributed by atoms with E-state index in [2.05, 4.69) is 20.1 Å². The molecule has 5 heteroatoms. The number of hydrogen-bond donors (Lipinski definition) is 0. The van der Waals surface area contributed by atoms with Gasteiger partial charge in [-0.2, -0.15) is 9.50 Å². The lowest BCUT2D eigenvalue weighted by Crippen LogP contribution is -2.10. The topological polar surface area (TPSA) is 56.0 Å². The average molecular weight is 251 g/mol. The SMILES string of the molecule is c1cc(-c2ccnc3nc(C4CCC4)nn23)ccn1. The molecule has 0 bridgehead atoms. The minimum atomic E-state index is 0.520. The van der Waals surface area contributed by atoms with Crippen LogP contribution in [0.15, 0.2) is 36.8 Å². The van der Waals surface area contributed by atoms with Crippen LogP contribution >= 0.6 is 0 Å². The van der Waals surface area contributed by atoms with Gasteiger partial charge in [-0.05, 0) is 31.0 Å². The molecule has 0 atom stereocenters. The number of aromatic nitrogens is 5. The zero-order valence-corrected chi connectivity index (χ0v) is 10.4. The van der Waals surface area contributed by atoms with Gasteiger partial charge in [-0.1, -0.05) is 6.42 Å². The van der Waals surface area contributed by atoms with Crippen LogP contribution in [-0.4, -0.2) is 24.6 Å². The summed E-state index contributed by atoms with van der Waals surface area (Å²) in [4.78, 5) is 12.9. The van der Waals surface area contributed by atoms with Crippen molar-refractivity contribution < 1.29 is 0 Å². The highest BCUT2D eigenvalue weighted by molar-refractivity contribution is 5.60. The third-order valence-electron chi connectivity index (χ3n) is 3.70. The van der Waals surface area contributed by atoms with E-state index in [1.54, 1.807) is 18.6 Å². The molecule has 0 radical (unpaired) electrons. The fraction of sp³-hybridized carbons (Fsp3) is 0.286. The Labute approximate surface area is 110 Å². The van der Waals surface area contributed by atoms with E-state index in [1.807, 2.05) is 22.7 Å². The van der Waals surface area contributed by atoms with Gasteiger partial charge < -0.3 is 0 Å². The molecule has 0 aliphatic heterocycles. The van der Waals surface area contributed by atoms with Crippen molar-refractivity contribution in [1.29, 1.82) is 0 Å². The third kappa shape index (κ3) is 1.69. The van der Waals surface area contributed by atoms with Crippen LogP contribution in [0.3, 0.4) is 0 Å². The maximum atomic E-state index is 4.63. The summed E-state index contributed by atoms with van der Waals surface area (Å²) in [5.74, 6) is 2.13. The summed E-state index contributed by atoms with van der Waals surface area (Å²) < 4.78 is 1.84. The van der Waals surface area contributed by atoms with Crippen molar-refractivity contribution in [3.63, 3.8) is 0 Å². The Morgan fingerprint density at radius 3 is 2.63 bits per heavy atom. The minimum Gasteiger partial charge on any atom is -0.265 e. The van der Waals surface area contributed by atoms with Gasteiger partial charge in [0.15, 0.2) is 5.82 Å². The molecular weight excluding hydrogens is 238 g/mol. The molecule has 1 saturated carbocycles. The van der Waals surface area contributed by atoms with E-state index in [0.717, 1.165) is 17.1 Å². The molecule has 0 amide bonds. The molecule has 1 fully saturated rings. The van der Waals surface area contributed by atoms with Crippen LogP contribution in [0.4, 0.5) is 0 Å². The summed E-state index contributed by atoms with van der Waals surface area (Å²) in [6, 6.07) is 5.90. The Hall–Kier alpha value is -2.30. The van der Waals surface area contributed by atoms with E-state index in [-0.39, 0.29) is 0 Å². The van der Waals surface area contributed by atoms with Crippen molar-refractivity contribution in [2.24, 2.45) is 0 Å². The Bertz CT molecular complexity index is 715. The molecule has 4 rings (SSSR count). The highest BCUT2D eigenvalue weighted by Gasteiger charge is 2.24. The molecule has 94 valence electrons. The minimum absolute atomic E-state index is 0.520. The van der Waals surface area contributed by atoms with Gasteiger partial charge in [0.05, 0.1) is 5.69 Å². The second-order valence-electron chi connectivity index (χ2n) is 4.88. The normalized spacial score (nSPS) is 15.6. The van der Waals surface area contributed by atoms with Crippen LogP contribution in [-0.2, 0) is 0 Å². The van der Waals surface area contributed by atoms with Gasteiger partial charge in [0, 0.05) is 30.1 Å². The van der Waals surface area contributed by atoms with Crippen molar-refractivity contribution in [3.8, 4) is 11.3 Å². The molecule has 3 aromatic heterocycles. The number of fused-ring (bicyclic) bond motifs is 1. The van der Waals surface area contributed by atoms with Crippen molar-refractivity contribution in [2.75, 3.05) is 0 Å². The molecule has 0 aromatic carbocycles. The first-order valence-corrected chi connectivity index (χ1v) is 6.54. The van der Waals surface area contributed by atoms with Crippen molar-refractivity contribution >= 4 is 5.78 Å². The quantitative estimate of drug-likeness (QED) is 0.702. The summed E-state index contributed by atoms with van der Waals surface area (Å²) in [5.41, 5.74) is 2.08. The first-order chi connectivity index (χ1) is 9.42. The first kappa shape index (κ1) is 10.6. The number of hydrogen-bond acceptors (Lipinski definition) is 4. The molecule has 19 heavy (non-hydrogen) atoms. The van der Waals surface area contributed by atoms with Crippen LogP contribution in [0.25, 0.3) is 17.0 Å². The molecule has 3 heterocycles. The van der Waals surface area contributed by atoms with E-state index in [0.29, 0.717) is 11.7 Å². The van der Waals surface area contributed by atoms with Gasteiger partial charge in [0.25, 0.3) is 5.78 Å². The van der Waals surface area contributed by atoms with Crippen LogP contribution < -0.4 is 0 Å². The molecular formula is C14H13N5. The lowest BCUT2D eigenvalue weighted by Gasteiger charge is -2.21. The lowest BCUT2D eigenvalue weighted by molar-refractivity contribution is 0.402. The third-order valence-corrected chi connectivity index (χ3v) is 3.70. The fourth-order valence-electron chi connectivity index (χ4n) is 2.39. The van der Waals surface area contributed by atoms with Crippen molar-refractivity contribution in [1.82, 2.24) is 24.6 Å². The standard InChI is InChI=1S/C14H13N5/c1-2-11(3-1)13-17-14-16-9-6-12(19(14)18-13)10-4-7-15-8-5-10/h4-9,11H,1-3H2. The Balaban J connectivity index is 1.89. The highest BCUT2D eigenvalue weighted by Crippen LogP contribution is 2.34. The van der Waals surface area contributed by atoms with Gasteiger partial charge in [0.2, 0.25) is 0 Å². The van der Waals surface area contributed by atoms with Gasteiger partial charge in [0.1, 0.15) is 0 Å². The molecule has 0 saturated heterocycles. The Morgan fingerprint density at radius 2 is 1.89 bits per heavy atom. The Kier molecular flexibility index (Phi) is 2.30. The summed E-state index contributed by atoms with van der Waals surface area (Å²) in [6.45, 7) is 0. The summed E-state index contributed by atoms with van der Waals surface area (Å²) in [5, 5.41) is 4.63. The van der Waals surface area contributed by atoms with E-state index in [1.165, 1.54) is 19.3 Å². The molecule has 1 aliphatic rings. The van der Waals surface area contributed by atoms with Crippen LogP contribution in [0.2, 0.25) is 0 Å². The number of pyridine rings is 1. The second kappa shape index (κ2) is 4.12.